The van der Waals surface area contributed by atoms with Crippen molar-refractivity contribution in [1.29, 1.82) is 0 Å². The summed E-state index contributed by atoms with van der Waals surface area (Å²) in [5, 5.41) is 16.5. The van der Waals surface area contributed by atoms with Crippen molar-refractivity contribution in [3.05, 3.63) is 134 Å². The topological polar surface area (TPSA) is 231 Å². The number of aliphatic imine (C=N–C) groups is 1. The molecule has 2 aromatic heterocycles. The first-order chi connectivity index (χ1) is 43.7. The Labute approximate surface area is 536 Å². The Balaban J connectivity index is 0.772. The van der Waals surface area contributed by atoms with Gasteiger partial charge in [0.05, 0.1) is 92.7 Å². The number of nitrogens with one attached hydrogen (secondary N) is 2. The van der Waals surface area contributed by atoms with Gasteiger partial charge in [-0.15, -0.1) is 21.5 Å². The van der Waals surface area contributed by atoms with Gasteiger partial charge in [-0.1, -0.05) is 55.8 Å². The fourth-order valence-corrected chi connectivity index (χ4v) is 12.6. The molecular weight excluding hydrogens is 1190 g/mol. The van der Waals surface area contributed by atoms with Gasteiger partial charge in [0.25, 0.3) is 5.91 Å². The lowest BCUT2D eigenvalue weighted by Gasteiger charge is -2.37. The summed E-state index contributed by atoms with van der Waals surface area (Å²) < 4.78 is 59.4. The molecule has 8 rings (SSSR count). The first-order valence-electron chi connectivity index (χ1n) is 30.6. The van der Waals surface area contributed by atoms with E-state index < -0.39 is 36.0 Å². The number of piperidine rings is 1. The van der Waals surface area contributed by atoms with Gasteiger partial charge in [-0.2, -0.15) is 0 Å². The summed E-state index contributed by atoms with van der Waals surface area (Å²) in [6.45, 7) is 12.5. The van der Waals surface area contributed by atoms with Crippen molar-refractivity contribution in [2.75, 3.05) is 101 Å². The number of carbonyl (C=O) groups excluding carboxylic acids is 4. The molecule has 5 atom stereocenters. The van der Waals surface area contributed by atoms with Crippen molar-refractivity contribution in [1.82, 2.24) is 30.3 Å². The molecule has 0 spiro atoms. The third-order valence-corrected chi connectivity index (χ3v) is 17.6. The number of fused-ring (bicyclic) bond motifs is 3. The summed E-state index contributed by atoms with van der Waals surface area (Å²) in [6, 6.07) is 22.6. The van der Waals surface area contributed by atoms with Crippen LogP contribution in [-0.2, 0) is 44.5 Å². The van der Waals surface area contributed by atoms with Crippen LogP contribution in [-0.4, -0.2) is 157 Å². The van der Waals surface area contributed by atoms with Crippen LogP contribution < -0.4 is 39.1 Å². The number of thiophene rings is 1. The molecular formula is C67H84ClN7O14S. The molecule has 0 radical (unpaired) electrons. The number of ether oxygens (including phenoxy) is 10. The molecule has 21 nitrogen and oxygen atoms in total. The highest BCUT2D eigenvalue weighted by molar-refractivity contribution is 7.15. The van der Waals surface area contributed by atoms with Gasteiger partial charge in [-0.25, -0.2) is 4.79 Å². The van der Waals surface area contributed by atoms with E-state index >= 15 is 0 Å². The van der Waals surface area contributed by atoms with E-state index in [0.717, 1.165) is 51.6 Å². The lowest BCUT2D eigenvalue weighted by molar-refractivity contribution is -0.162. The number of carbonyl (C=O) groups is 4. The minimum Gasteiger partial charge on any atom is -0.493 e. The van der Waals surface area contributed by atoms with Gasteiger partial charge < -0.3 is 62.9 Å². The maximum Gasteiger partial charge on any atom is 0.329 e. The third-order valence-electron chi connectivity index (χ3n) is 16.2. The third kappa shape index (κ3) is 16.8. The summed E-state index contributed by atoms with van der Waals surface area (Å²) in [4.78, 5) is 64.1. The van der Waals surface area contributed by atoms with Crippen LogP contribution in [0, 0.1) is 26.7 Å². The van der Waals surface area contributed by atoms with E-state index in [1.807, 2.05) is 73.9 Å². The molecule has 90 heavy (non-hydrogen) atoms. The molecule has 0 aliphatic carbocycles. The van der Waals surface area contributed by atoms with Crippen molar-refractivity contribution < 1.29 is 66.5 Å². The number of esters is 1. The number of aromatic nitrogens is 3. The molecule has 0 unspecified atom stereocenters. The Morgan fingerprint density at radius 2 is 1.40 bits per heavy atom. The van der Waals surface area contributed by atoms with Gasteiger partial charge >= 0.3 is 5.97 Å². The zero-order chi connectivity index (χ0) is 64.3. The van der Waals surface area contributed by atoms with E-state index in [2.05, 4.69) is 34.7 Å². The number of hydrogen-bond donors (Lipinski definition) is 2. The zero-order valence-electron chi connectivity index (χ0n) is 53.2. The Kier molecular flexibility index (Phi) is 25.3. The maximum atomic E-state index is 14.6. The lowest BCUT2D eigenvalue weighted by atomic mass is 9.91. The lowest BCUT2D eigenvalue weighted by Crippen LogP contribution is -2.50. The number of methoxy groups -OCH3 is 5. The summed E-state index contributed by atoms with van der Waals surface area (Å²) in [5.74, 6) is 1.86. The fraction of sp³-hybridized carbons (Fsp3) is 0.478. The van der Waals surface area contributed by atoms with Gasteiger partial charge in [0.1, 0.15) is 34.8 Å². The Morgan fingerprint density at radius 1 is 0.722 bits per heavy atom. The van der Waals surface area contributed by atoms with Gasteiger partial charge in [0.2, 0.25) is 17.6 Å². The van der Waals surface area contributed by atoms with Crippen LogP contribution in [0.3, 0.4) is 0 Å². The molecule has 4 aromatic carbocycles. The minimum absolute atomic E-state index is 0.153. The molecule has 1 saturated heterocycles. The summed E-state index contributed by atoms with van der Waals surface area (Å²) >= 11 is 7.96. The molecule has 2 aliphatic heterocycles. The maximum absolute atomic E-state index is 14.6. The van der Waals surface area contributed by atoms with Gasteiger partial charge in [0, 0.05) is 40.7 Å². The number of hydrogen-bond acceptors (Lipinski definition) is 18. The second-order valence-corrected chi connectivity index (χ2v) is 23.4. The van der Waals surface area contributed by atoms with Crippen molar-refractivity contribution in [2.24, 2.45) is 10.9 Å². The molecule has 0 saturated carbocycles. The van der Waals surface area contributed by atoms with Gasteiger partial charge in [0.15, 0.2) is 35.4 Å². The molecule has 23 heteroatoms. The van der Waals surface area contributed by atoms with Crippen molar-refractivity contribution in [3.8, 4) is 39.5 Å². The highest BCUT2D eigenvalue weighted by Gasteiger charge is 2.40. The van der Waals surface area contributed by atoms with E-state index in [4.69, 9.17) is 64.0 Å². The number of benzene rings is 4. The van der Waals surface area contributed by atoms with Crippen molar-refractivity contribution in [3.63, 3.8) is 0 Å². The zero-order valence-corrected chi connectivity index (χ0v) is 54.7. The number of aryl methyl sites for hydroxylation is 3. The summed E-state index contributed by atoms with van der Waals surface area (Å²) in [5.41, 5.74) is 6.09. The molecule has 4 heterocycles. The monoisotopic (exact) mass is 1280 g/mol. The summed E-state index contributed by atoms with van der Waals surface area (Å²) in [7, 11) is 7.73. The summed E-state index contributed by atoms with van der Waals surface area (Å²) in [6.07, 6.45) is 3.03. The van der Waals surface area contributed by atoms with Crippen LogP contribution >= 0.6 is 22.9 Å². The van der Waals surface area contributed by atoms with Crippen LogP contribution in [0.25, 0.3) is 5.00 Å². The van der Waals surface area contributed by atoms with Crippen LogP contribution in [0.2, 0.25) is 5.02 Å². The average Bonchev–Trinajstić information content (AvgIpc) is 1.59. The molecule has 0 bridgehead atoms. The molecule has 2 aliphatic rings. The predicted octanol–water partition coefficient (Wildman–Crippen LogP) is 10.0. The standard InChI is InChI=1S/C67H84ClN7O14S/c1-11-50(47-38-56(82-8)62(84-10)57(39-47)83-9)65(78)74-29-14-13-18-52(74)67(79)89-53(25-19-44-20-26-54(80-6)55(36-44)81-7)46-16-15-17-49(37-46)88-40-58(76)69-27-30-85-32-34-87-35-33-86-31-28-70-64(77)51(12-2)61-63-73-72-43(5)75(63)66-59(41(3)42(4)90-66)60(71-61)45-21-23-48(68)24-22-45/h15-17,20-24,26,36-39,50-53,61H,11-14,18-19,25,27-35,40H2,1-10H3,(H,69,76)(H,70,77)/t50-,51+,52-,53+,61-/m0/s1. The van der Waals surface area contributed by atoms with Crippen LogP contribution in [0.1, 0.15) is 120 Å². The van der Waals surface area contributed by atoms with Crippen LogP contribution in [0.4, 0.5) is 0 Å². The number of halogens is 1. The molecule has 6 aromatic rings. The van der Waals surface area contributed by atoms with Gasteiger partial charge in [-0.05, 0) is 137 Å². The second-order valence-electron chi connectivity index (χ2n) is 21.8. The Hall–Kier alpha value is -7.76. The largest absolute Gasteiger partial charge is 0.493 e. The van der Waals surface area contributed by atoms with E-state index in [-0.39, 0.29) is 44.1 Å². The van der Waals surface area contributed by atoms with Gasteiger partial charge in [-0.3, -0.25) is 23.9 Å². The van der Waals surface area contributed by atoms with Crippen molar-refractivity contribution in [2.45, 2.75) is 104 Å². The SMILES string of the molecule is CC[C@H](C(=O)N1CCCC[C@H]1C(=O)O[C@H](CCc1ccc(OC)c(OC)c1)c1cccc(OCC(=O)NCCOCCOCCOCCNC(=O)[C@H](CC)[C@@H]2N=C(c3ccc(Cl)cc3)c3c(sc(C)c3C)-n3c(C)nnc32)c1)c1cc(OC)c(OC)c(OC)c1. The van der Waals surface area contributed by atoms with E-state index in [1.54, 1.807) is 60.8 Å². The highest BCUT2D eigenvalue weighted by Crippen LogP contribution is 2.44. The number of amides is 3. The molecule has 484 valence electrons. The molecule has 2 N–H and O–H groups in total. The minimum atomic E-state index is -0.822. The normalized spacial score (nSPS) is 15.5. The van der Waals surface area contributed by atoms with E-state index in [1.165, 1.54) is 26.2 Å². The average molecular weight is 1280 g/mol. The highest BCUT2D eigenvalue weighted by atomic mass is 35.5. The second kappa shape index (κ2) is 33.3. The van der Waals surface area contributed by atoms with Crippen LogP contribution in [0.5, 0.6) is 34.5 Å². The predicted molar refractivity (Wildman–Crippen MR) is 343 cm³/mol. The number of rotatable bonds is 33. The number of nitrogens with zero attached hydrogens (tertiary/aromatic N) is 5. The first kappa shape index (κ1) is 68.2. The smallest absolute Gasteiger partial charge is 0.329 e. The first-order valence-corrected chi connectivity index (χ1v) is 31.7. The Morgan fingerprint density at radius 3 is 2.06 bits per heavy atom. The molecule has 3 amide bonds. The fourth-order valence-electron chi connectivity index (χ4n) is 11.3. The molecule has 1 fully saturated rings. The quantitative estimate of drug-likeness (QED) is 0.0288. The van der Waals surface area contributed by atoms with E-state index in [9.17, 15) is 19.2 Å². The van der Waals surface area contributed by atoms with E-state index in [0.29, 0.717) is 128 Å². The number of likely N-dealkylation sites (tertiary alicyclic amines) is 1. The van der Waals surface area contributed by atoms with Crippen molar-refractivity contribution >= 4 is 52.3 Å². The Bertz CT molecular complexity index is 3400. The van der Waals surface area contributed by atoms with Crippen LogP contribution in [0.15, 0.2) is 83.9 Å².